The first-order chi connectivity index (χ1) is 30.2. The van der Waals surface area contributed by atoms with Crippen LogP contribution in [0.25, 0.3) is 0 Å². The van der Waals surface area contributed by atoms with E-state index in [0.717, 1.165) is 16.3 Å². The molecule has 0 spiro atoms. The number of aryl methyl sites for hydroxylation is 2. The number of hydrazine groups is 1. The molecule has 9 rings (SSSR count). The number of halogens is 2. The van der Waals surface area contributed by atoms with Gasteiger partial charge in [-0.15, -0.1) is 0 Å². The van der Waals surface area contributed by atoms with E-state index in [2.05, 4.69) is 15.7 Å². The molecule has 5 aromatic rings. The number of azo groups is 1. The Labute approximate surface area is 374 Å². The van der Waals surface area contributed by atoms with Gasteiger partial charge in [-0.1, -0.05) is 59.1 Å². The summed E-state index contributed by atoms with van der Waals surface area (Å²) < 4.78 is 5.52. The van der Waals surface area contributed by atoms with Crippen LogP contribution in [-0.4, -0.2) is 54.9 Å². The molecule has 14 heteroatoms. The van der Waals surface area contributed by atoms with E-state index in [0.29, 0.717) is 55.8 Å². The normalized spacial score (nSPS) is 24.0. The summed E-state index contributed by atoms with van der Waals surface area (Å²) >= 11 is 12.8. The Morgan fingerprint density at radius 2 is 1.43 bits per heavy atom. The third kappa shape index (κ3) is 6.83. The summed E-state index contributed by atoms with van der Waals surface area (Å²) in [5, 5.41) is 21.3. The lowest BCUT2D eigenvalue weighted by Gasteiger charge is -2.50. The molecule has 5 aromatic carbocycles. The number of fused-ring (bicyclic) bond motifs is 4. The molecule has 2 aliphatic heterocycles. The van der Waals surface area contributed by atoms with Gasteiger partial charge in [0.25, 0.3) is 11.8 Å². The number of nitrogens with one attached hydrogen (secondary N) is 1. The van der Waals surface area contributed by atoms with E-state index in [1.807, 2.05) is 73.6 Å². The molecule has 6 unspecified atom stereocenters. The van der Waals surface area contributed by atoms with Crippen molar-refractivity contribution < 1.29 is 29.0 Å². The number of rotatable bonds is 9. The van der Waals surface area contributed by atoms with E-state index < -0.39 is 46.8 Å². The highest BCUT2D eigenvalue weighted by Crippen LogP contribution is 2.64. The highest BCUT2D eigenvalue weighted by atomic mass is 35.5. The highest BCUT2D eigenvalue weighted by molar-refractivity contribution is 6.36. The van der Waals surface area contributed by atoms with E-state index >= 15 is 9.59 Å². The number of nitrogens with zero attached hydrogens (tertiary/aromatic N) is 5. The Morgan fingerprint density at radius 1 is 0.794 bits per heavy atom. The van der Waals surface area contributed by atoms with Crippen molar-refractivity contribution in [1.29, 1.82) is 0 Å². The van der Waals surface area contributed by atoms with Crippen LogP contribution in [0.5, 0.6) is 11.5 Å². The Hall–Kier alpha value is -6.50. The minimum absolute atomic E-state index is 0.102. The predicted molar refractivity (Wildman–Crippen MR) is 242 cm³/mol. The number of ether oxygens (including phenoxy) is 1. The molecule has 4 aliphatic rings. The fourth-order valence-electron chi connectivity index (χ4n) is 10.2. The molecule has 0 radical (unpaired) electrons. The maximum absolute atomic E-state index is 15.6. The molecule has 2 N–H and O–H groups in total. The molecular weight excluding hydrogens is 839 g/mol. The standard InChI is InChI=1S/C49H44Cl2N6O6/c1-26-22-28(23-27(2)44(26)58)43-36-19-20-37-42(47(61)56(45(37)59)34-15-11-32(12-16-34)53-52-31-9-13-33(14-10-31)55(3)4)38(36)25-39-46(60)57(54-41-21-8-30(50)24-40(41)51)48(62)49(39,43)29-6-17-35(63-5)18-7-29/h6-19,21-24,37-39,42-43,54,58H,20,25H2,1-5H3. The Bertz CT molecular complexity index is 2730. The zero-order valence-corrected chi connectivity index (χ0v) is 36.7. The molecule has 6 atom stereocenters. The van der Waals surface area contributed by atoms with Crippen LogP contribution >= 0.6 is 23.2 Å². The van der Waals surface area contributed by atoms with Crippen LogP contribution in [0.4, 0.5) is 28.4 Å². The number of phenols is 1. The maximum Gasteiger partial charge on any atom is 0.260 e. The van der Waals surface area contributed by atoms with Crippen LogP contribution in [0, 0.1) is 37.5 Å². The third-order valence-corrected chi connectivity index (χ3v) is 13.7. The van der Waals surface area contributed by atoms with Crippen LogP contribution in [-0.2, 0) is 24.6 Å². The van der Waals surface area contributed by atoms with Gasteiger partial charge in [-0.05, 0) is 134 Å². The quantitative estimate of drug-likeness (QED) is 0.0846. The second kappa shape index (κ2) is 16.0. The summed E-state index contributed by atoms with van der Waals surface area (Å²) in [5.41, 5.74) is 7.69. The minimum Gasteiger partial charge on any atom is -0.507 e. The topological polar surface area (TPSA) is 144 Å². The van der Waals surface area contributed by atoms with Gasteiger partial charge >= 0.3 is 0 Å². The van der Waals surface area contributed by atoms with Crippen molar-refractivity contribution >= 4 is 75.3 Å². The highest BCUT2D eigenvalue weighted by Gasteiger charge is 2.70. The number of amides is 4. The first-order valence-electron chi connectivity index (χ1n) is 20.6. The molecule has 2 aliphatic carbocycles. The number of carbonyl (C=O) groups is 4. The average Bonchev–Trinajstić information content (AvgIpc) is 3.66. The van der Waals surface area contributed by atoms with Crippen LogP contribution < -0.4 is 20.0 Å². The zero-order valence-electron chi connectivity index (χ0n) is 35.2. The maximum atomic E-state index is 15.6. The number of carbonyl (C=O) groups excluding carboxylic acids is 4. The van der Waals surface area contributed by atoms with Crippen LogP contribution in [0.2, 0.25) is 10.0 Å². The lowest BCUT2D eigenvalue weighted by atomic mass is 9.49. The van der Waals surface area contributed by atoms with Crippen LogP contribution in [0.1, 0.15) is 41.0 Å². The number of hydrogen-bond acceptors (Lipinski definition) is 10. The number of benzene rings is 5. The molecule has 4 amide bonds. The van der Waals surface area contributed by atoms with Gasteiger partial charge in [0.1, 0.15) is 11.5 Å². The number of methoxy groups -OCH3 is 1. The third-order valence-electron chi connectivity index (χ3n) is 13.2. The van der Waals surface area contributed by atoms with Gasteiger partial charge in [0.05, 0.1) is 58.1 Å². The van der Waals surface area contributed by atoms with Crippen molar-refractivity contribution in [3.05, 3.63) is 147 Å². The number of aromatic hydroxyl groups is 1. The SMILES string of the molecule is COc1ccc(C23C(=O)N(Nc4ccc(Cl)cc4Cl)C(=O)C2CC2C(=CCC4C(=O)N(c5ccc(N=Nc6ccc(N(C)C)cc6)cc5)C(=O)C42)C3c2cc(C)c(O)c(C)c2)cc1. The first kappa shape index (κ1) is 41.8. The smallest absolute Gasteiger partial charge is 0.260 e. The molecule has 63 heavy (non-hydrogen) atoms. The minimum atomic E-state index is -1.54. The molecule has 2 saturated heterocycles. The molecule has 3 fully saturated rings. The molecule has 0 aromatic heterocycles. The van der Waals surface area contributed by atoms with Gasteiger partial charge < -0.3 is 14.7 Å². The second-order valence-electron chi connectivity index (χ2n) is 16.9. The molecular formula is C49H44Cl2N6O6. The Morgan fingerprint density at radius 3 is 2.03 bits per heavy atom. The van der Waals surface area contributed by atoms with Crippen molar-refractivity contribution in [1.82, 2.24) is 5.01 Å². The van der Waals surface area contributed by atoms with Crippen molar-refractivity contribution in [3.63, 3.8) is 0 Å². The second-order valence-corrected chi connectivity index (χ2v) is 17.7. The monoisotopic (exact) mass is 882 g/mol. The van der Waals surface area contributed by atoms with Crippen molar-refractivity contribution in [2.75, 3.05) is 36.4 Å². The molecule has 320 valence electrons. The fraction of sp³-hybridized carbons (Fsp3) is 0.265. The van der Waals surface area contributed by atoms with E-state index in [-0.39, 0.29) is 35.4 Å². The van der Waals surface area contributed by atoms with E-state index in [1.54, 1.807) is 69.5 Å². The van der Waals surface area contributed by atoms with Gasteiger partial charge in [0.2, 0.25) is 11.8 Å². The summed E-state index contributed by atoms with van der Waals surface area (Å²) in [7, 11) is 5.48. The van der Waals surface area contributed by atoms with Crippen molar-refractivity contribution in [2.24, 2.45) is 33.9 Å². The van der Waals surface area contributed by atoms with Gasteiger partial charge in [-0.3, -0.25) is 29.5 Å². The number of imide groups is 2. The van der Waals surface area contributed by atoms with Gasteiger partial charge in [0.15, 0.2) is 0 Å². The zero-order chi connectivity index (χ0) is 44.5. The summed E-state index contributed by atoms with van der Waals surface area (Å²) in [5.74, 6) is -4.93. The summed E-state index contributed by atoms with van der Waals surface area (Å²) in [4.78, 5) is 63.3. The number of allylic oxidation sites excluding steroid dienone is 2. The van der Waals surface area contributed by atoms with Gasteiger partial charge in [-0.25, -0.2) is 0 Å². The van der Waals surface area contributed by atoms with Gasteiger partial charge in [0, 0.05) is 30.7 Å². The predicted octanol–water partition coefficient (Wildman–Crippen LogP) is 10.00. The van der Waals surface area contributed by atoms with Crippen molar-refractivity contribution in [3.8, 4) is 11.5 Å². The van der Waals surface area contributed by atoms with Crippen molar-refractivity contribution in [2.45, 2.75) is 38.0 Å². The largest absolute Gasteiger partial charge is 0.507 e. The molecule has 2 heterocycles. The van der Waals surface area contributed by atoms with E-state index in [4.69, 9.17) is 27.9 Å². The van der Waals surface area contributed by atoms with Gasteiger partial charge in [-0.2, -0.15) is 15.2 Å². The lowest BCUT2D eigenvalue weighted by Crippen LogP contribution is -2.53. The fourth-order valence-corrected chi connectivity index (χ4v) is 10.7. The summed E-state index contributed by atoms with van der Waals surface area (Å²) in [6.07, 6.45) is 2.35. The molecule has 0 bridgehead atoms. The number of phenolic OH excluding ortho intramolecular Hbond substituents is 1. The molecule has 1 saturated carbocycles. The van der Waals surface area contributed by atoms with E-state index in [1.165, 1.54) is 11.0 Å². The van der Waals surface area contributed by atoms with Crippen LogP contribution in [0.3, 0.4) is 0 Å². The number of anilines is 3. The first-order valence-corrected chi connectivity index (χ1v) is 21.4. The Kier molecular flexibility index (Phi) is 10.6. The van der Waals surface area contributed by atoms with Crippen LogP contribution in [0.15, 0.2) is 125 Å². The number of hydrogen-bond donors (Lipinski definition) is 2. The summed E-state index contributed by atoms with van der Waals surface area (Å²) in [6.45, 7) is 3.58. The molecule has 12 nitrogen and oxygen atoms in total. The lowest BCUT2D eigenvalue weighted by molar-refractivity contribution is -0.138. The Balaban J connectivity index is 1.13. The summed E-state index contributed by atoms with van der Waals surface area (Å²) in [6, 6.07) is 30.0. The average molecular weight is 884 g/mol. The van der Waals surface area contributed by atoms with E-state index in [9.17, 15) is 14.7 Å².